The summed E-state index contributed by atoms with van der Waals surface area (Å²) in [6, 6.07) is 14.1. The first-order valence-corrected chi connectivity index (χ1v) is 7.06. The molecule has 2 aromatic carbocycles. The molecule has 1 unspecified atom stereocenters. The van der Waals surface area contributed by atoms with Gasteiger partial charge in [0.15, 0.2) is 0 Å². The van der Waals surface area contributed by atoms with Crippen LogP contribution < -0.4 is 0 Å². The maximum Gasteiger partial charge on any atom is 0.126 e. The number of benzene rings is 2. The van der Waals surface area contributed by atoms with Crippen LogP contribution in [0.15, 0.2) is 53.0 Å². The summed E-state index contributed by atoms with van der Waals surface area (Å²) in [6.07, 6.45) is 0.796. The van der Waals surface area contributed by atoms with Crippen LogP contribution in [0.5, 0.6) is 0 Å². The average Bonchev–Trinajstić information content (AvgIpc) is 2.41. The second kappa shape index (κ2) is 5.85. The second-order valence-corrected chi connectivity index (χ2v) is 5.58. The zero-order valence-corrected chi connectivity index (χ0v) is 12.3. The molecular formula is C16H16BrFO. The quantitative estimate of drug-likeness (QED) is 0.882. The zero-order chi connectivity index (χ0) is 13.9. The van der Waals surface area contributed by atoms with Crippen LogP contribution in [0.4, 0.5) is 4.39 Å². The summed E-state index contributed by atoms with van der Waals surface area (Å²) < 4.78 is 14.6. The van der Waals surface area contributed by atoms with E-state index >= 15 is 0 Å². The first-order chi connectivity index (χ1) is 9.05. The van der Waals surface area contributed by atoms with E-state index in [4.69, 9.17) is 0 Å². The summed E-state index contributed by atoms with van der Waals surface area (Å²) in [6.45, 7) is 1.90. The van der Waals surface area contributed by atoms with Gasteiger partial charge in [0.2, 0.25) is 0 Å². The van der Waals surface area contributed by atoms with E-state index in [9.17, 15) is 9.50 Å². The van der Waals surface area contributed by atoms with E-state index in [1.165, 1.54) is 6.07 Å². The molecule has 0 fully saturated rings. The minimum absolute atomic E-state index is 0.270. The third kappa shape index (κ3) is 3.23. The molecule has 0 bridgehead atoms. The topological polar surface area (TPSA) is 20.2 Å². The lowest BCUT2D eigenvalue weighted by Crippen LogP contribution is -2.28. The highest BCUT2D eigenvalue weighted by molar-refractivity contribution is 9.10. The van der Waals surface area contributed by atoms with Crippen molar-refractivity contribution in [2.24, 2.45) is 0 Å². The number of rotatable bonds is 4. The molecule has 0 aliphatic rings. The van der Waals surface area contributed by atoms with Crippen molar-refractivity contribution in [3.63, 3.8) is 0 Å². The number of hydrogen-bond donors (Lipinski definition) is 1. The number of aliphatic hydroxyl groups is 1. The fourth-order valence-corrected chi connectivity index (χ4v) is 2.57. The lowest BCUT2D eigenvalue weighted by molar-refractivity contribution is 0.0318. The van der Waals surface area contributed by atoms with Crippen LogP contribution in [-0.2, 0) is 12.0 Å². The van der Waals surface area contributed by atoms with Crippen molar-refractivity contribution in [3.8, 4) is 0 Å². The normalized spacial score (nSPS) is 14.1. The molecule has 100 valence electrons. The summed E-state index contributed by atoms with van der Waals surface area (Å²) in [4.78, 5) is 0. The van der Waals surface area contributed by atoms with E-state index in [1.807, 2.05) is 31.2 Å². The highest BCUT2D eigenvalue weighted by Crippen LogP contribution is 2.31. The van der Waals surface area contributed by atoms with E-state index in [0.717, 1.165) is 10.0 Å². The Hall–Kier alpha value is -1.19. The van der Waals surface area contributed by atoms with Gasteiger partial charge in [0, 0.05) is 10.9 Å². The Bertz CT molecular complexity index is 570. The second-order valence-electron chi connectivity index (χ2n) is 4.66. The molecule has 1 nitrogen and oxygen atoms in total. The summed E-state index contributed by atoms with van der Waals surface area (Å²) >= 11 is 3.40. The Kier molecular flexibility index (Phi) is 4.38. The van der Waals surface area contributed by atoms with Gasteiger partial charge in [-0.3, -0.25) is 0 Å². The van der Waals surface area contributed by atoms with Crippen molar-refractivity contribution in [1.29, 1.82) is 0 Å². The predicted octanol–water partition coefficient (Wildman–Crippen LogP) is 4.43. The van der Waals surface area contributed by atoms with Crippen molar-refractivity contribution < 1.29 is 9.50 Å². The fraction of sp³-hybridized carbons (Fsp3) is 0.250. The Morgan fingerprint density at radius 1 is 1.16 bits per heavy atom. The van der Waals surface area contributed by atoms with Crippen molar-refractivity contribution in [2.45, 2.75) is 25.4 Å². The fourth-order valence-electron chi connectivity index (χ4n) is 2.17. The van der Waals surface area contributed by atoms with Gasteiger partial charge >= 0.3 is 0 Å². The van der Waals surface area contributed by atoms with Crippen LogP contribution in [0.1, 0.15) is 24.5 Å². The van der Waals surface area contributed by atoms with E-state index < -0.39 is 5.60 Å². The molecule has 1 N–H and O–H groups in total. The molecule has 0 aliphatic carbocycles. The van der Waals surface area contributed by atoms with Crippen LogP contribution >= 0.6 is 15.9 Å². The van der Waals surface area contributed by atoms with Gasteiger partial charge in [-0.25, -0.2) is 4.39 Å². The highest BCUT2D eigenvalue weighted by Gasteiger charge is 2.28. The third-order valence-electron chi connectivity index (χ3n) is 3.39. The molecule has 0 aliphatic heterocycles. The maximum absolute atomic E-state index is 13.7. The minimum Gasteiger partial charge on any atom is -0.385 e. The molecule has 19 heavy (non-hydrogen) atoms. The molecule has 0 aromatic heterocycles. The van der Waals surface area contributed by atoms with Crippen LogP contribution in [0.3, 0.4) is 0 Å². The molecular weight excluding hydrogens is 307 g/mol. The summed E-state index contributed by atoms with van der Waals surface area (Å²) in [5.41, 5.74) is 0.283. The standard InChI is InChI=1S/C16H16BrFO/c1-2-16(19,13-7-5-8-14(17)10-13)11-12-6-3-4-9-15(12)18/h3-10,19H,2,11H2,1H3. The van der Waals surface area contributed by atoms with Crippen molar-refractivity contribution >= 4 is 15.9 Å². The largest absolute Gasteiger partial charge is 0.385 e. The van der Waals surface area contributed by atoms with Gasteiger partial charge < -0.3 is 5.11 Å². The molecule has 0 radical (unpaired) electrons. The van der Waals surface area contributed by atoms with Gasteiger partial charge in [-0.1, -0.05) is 53.2 Å². The van der Waals surface area contributed by atoms with Gasteiger partial charge in [0.05, 0.1) is 5.60 Å². The monoisotopic (exact) mass is 322 g/mol. The summed E-state index contributed by atoms with van der Waals surface area (Å²) in [7, 11) is 0. The van der Waals surface area contributed by atoms with Crippen LogP contribution in [0.25, 0.3) is 0 Å². The zero-order valence-electron chi connectivity index (χ0n) is 10.7. The Morgan fingerprint density at radius 3 is 2.53 bits per heavy atom. The van der Waals surface area contributed by atoms with Gasteiger partial charge in [-0.2, -0.15) is 0 Å². The molecule has 2 aromatic rings. The molecule has 0 saturated carbocycles. The maximum atomic E-state index is 13.7. The van der Waals surface area contributed by atoms with Gasteiger partial charge in [-0.05, 0) is 35.7 Å². The summed E-state index contributed by atoms with van der Waals surface area (Å²) in [5.74, 6) is -0.274. The van der Waals surface area contributed by atoms with Crippen molar-refractivity contribution in [3.05, 3.63) is 69.9 Å². The smallest absolute Gasteiger partial charge is 0.126 e. The Morgan fingerprint density at radius 2 is 1.89 bits per heavy atom. The van der Waals surface area contributed by atoms with E-state index in [0.29, 0.717) is 12.0 Å². The van der Waals surface area contributed by atoms with Gasteiger partial charge in [-0.15, -0.1) is 0 Å². The van der Waals surface area contributed by atoms with Gasteiger partial charge in [0.25, 0.3) is 0 Å². The average molecular weight is 323 g/mol. The molecule has 0 amide bonds. The lowest BCUT2D eigenvalue weighted by atomic mass is 9.85. The molecule has 0 saturated heterocycles. The van der Waals surface area contributed by atoms with Crippen molar-refractivity contribution in [2.75, 3.05) is 0 Å². The first kappa shape index (κ1) is 14.2. The lowest BCUT2D eigenvalue weighted by Gasteiger charge is -2.28. The predicted molar refractivity (Wildman–Crippen MR) is 78.4 cm³/mol. The first-order valence-electron chi connectivity index (χ1n) is 6.27. The van der Waals surface area contributed by atoms with E-state index in [2.05, 4.69) is 15.9 Å². The van der Waals surface area contributed by atoms with E-state index in [-0.39, 0.29) is 12.2 Å². The van der Waals surface area contributed by atoms with Crippen molar-refractivity contribution in [1.82, 2.24) is 0 Å². The highest BCUT2D eigenvalue weighted by atomic mass is 79.9. The third-order valence-corrected chi connectivity index (χ3v) is 3.88. The molecule has 0 spiro atoms. The Balaban J connectivity index is 2.36. The molecule has 1 atom stereocenters. The Labute approximate surface area is 121 Å². The minimum atomic E-state index is -1.05. The van der Waals surface area contributed by atoms with E-state index in [1.54, 1.807) is 18.2 Å². The SMILES string of the molecule is CCC(O)(Cc1ccccc1F)c1cccc(Br)c1. The number of halogens is 2. The molecule has 0 heterocycles. The van der Waals surface area contributed by atoms with Crippen LogP contribution in [0.2, 0.25) is 0 Å². The summed E-state index contributed by atoms with van der Waals surface area (Å²) in [5, 5.41) is 10.8. The van der Waals surface area contributed by atoms with Gasteiger partial charge in [0.1, 0.15) is 5.82 Å². The number of hydrogen-bond acceptors (Lipinski definition) is 1. The molecule has 2 rings (SSSR count). The molecule has 3 heteroatoms. The van der Waals surface area contributed by atoms with Crippen LogP contribution in [0, 0.1) is 5.82 Å². The van der Waals surface area contributed by atoms with Crippen LogP contribution in [-0.4, -0.2) is 5.11 Å².